The van der Waals surface area contributed by atoms with E-state index < -0.39 is 24.3 Å². The Morgan fingerprint density at radius 2 is 1.89 bits per heavy atom. The second kappa shape index (κ2) is 6.07. The summed E-state index contributed by atoms with van der Waals surface area (Å²) in [6, 6.07) is 8.16. The summed E-state index contributed by atoms with van der Waals surface area (Å²) in [4.78, 5) is 21.4. The van der Waals surface area contributed by atoms with Crippen molar-refractivity contribution in [2.75, 3.05) is 0 Å². The quantitative estimate of drug-likeness (QED) is 0.806. The molecule has 1 rings (SSSR count). The first-order valence-corrected chi connectivity index (χ1v) is 5.05. The molecule has 0 aliphatic carbocycles. The summed E-state index contributed by atoms with van der Waals surface area (Å²) in [6.07, 6.45) is -5.51. The fraction of sp³-hybridized carbons (Fsp3) is 0.273. The van der Waals surface area contributed by atoms with Gasteiger partial charge in [0, 0.05) is 0 Å². The Labute approximate surface area is 106 Å². The number of nitrogens with one attached hydrogen (secondary N) is 1. The molecule has 1 unspecified atom stereocenters. The monoisotopic (exact) mass is 277 g/mol. The number of carbonyl (C=O) groups excluding carboxylic acids is 1. The second-order valence-electron chi connectivity index (χ2n) is 3.50. The normalized spacial score (nSPS) is 13.7. The van der Waals surface area contributed by atoms with Crippen LogP contribution in [0.15, 0.2) is 30.3 Å². The van der Waals surface area contributed by atoms with Crippen LogP contribution in [0.3, 0.4) is 0 Å². The van der Waals surface area contributed by atoms with Crippen molar-refractivity contribution in [1.82, 2.24) is 5.32 Å². The zero-order valence-corrected chi connectivity index (χ0v) is 9.48. The van der Waals surface area contributed by atoms with Gasteiger partial charge < -0.3 is 9.84 Å². The Balaban J connectivity index is 2.57. The highest BCUT2D eigenvalue weighted by Gasteiger charge is 2.50. The summed E-state index contributed by atoms with van der Waals surface area (Å²) in [5.74, 6) is -6.67. The summed E-state index contributed by atoms with van der Waals surface area (Å²) >= 11 is 0. The Hall–Kier alpha value is -2.25. The Bertz CT molecular complexity index is 455. The molecular formula is C11H10F3NO4. The van der Waals surface area contributed by atoms with Gasteiger partial charge >= 0.3 is 24.3 Å². The number of hydrogen-bond acceptors (Lipinski definition) is 3. The lowest BCUT2D eigenvalue weighted by atomic mass is 10.2. The third-order valence-corrected chi connectivity index (χ3v) is 2.11. The first-order valence-electron chi connectivity index (χ1n) is 5.05. The Morgan fingerprint density at radius 1 is 1.32 bits per heavy atom. The van der Waals surface area contributed by atoms with Crippen molar-refractivity contribution in [3.8, 4) is 0 Å². The molecule has 0 radical (unpaired) electrons. The number of carboxylic acid groups (broad SMARTS) is 1. The van der Waals surface area contributed by atoms with Crippen LogP contribution in [0.5, 0.6) is 0 Å². The maximum Gasteiger partial charge on any atom is 0.410 e. The molecule has 0 spiro atoms. The zero-order valence-electron chi connectivity index (χ0n) is 9.48. The number of benzene rings is 1. The van der Waals surface area contributed by atoms with Crippen LogP contribution < -0.4 is 5.32 Å². The number of carbonyl (C=O) groups is 2. The minimum atomic E-state index is -4.17. The van der Waals surface area contributed by atoms with Gasteiger partial charge in [-0.1, -0.05) is 30.3 Å². The third kappa shape index (κ3) is 3.87. The second-order valence-corrected chi connectivity index (χ2v) is 3.50. The van der Waals surface area contributed by atoms with E-state index in [0.717, 1.165) is 5.32 Å². The van der Waals surface area contributed by atoms with Gasteiger partial charge in [0.05, 0.1) is 0 Å². The van der Waals surface area contributed by atoms with Crippen LogP contribution in [-0.4, -0.2) is 29.4 Å². The van der Waals surface area contributed by atoms with Gasteiger partial charge in [-0.2, -0.15) is 0 Å². The number of carboxylic acids is 1. The van der Waals surface area contributed by atoms with E-state index in [2.05, 4.69) is 4.74 Å². The fourth-order valence-electron chi connectivity index (χ4n) is 1.11. The molecule has 0 heterocycles. The molecule has 0 fully saturated rings. The molecule has 0 bridgehead atoms. The van der Waals surface area contributed by atoms with Crippen LogP contribution in [0.25, 0.3) is 0 Å². The van der Waals surface area contributed by atoms with E-state index in [1.54, 1.807) is 30.3 Å². The molecule has 0 aliphatic rings. The molecule has 1 amide bonds. The lowest BCUT2D eigenvalue weighted by Crippen LogP contribution is -2.56. The molecule has 2 N–H and O–H groups in total. The average Bonchev–Trinajstić information content (AvgIpc) is 2.37. The van der Waals surface area contributed by atoms with Crippen molar-refractivity contribution in [2.45, 2.75) is 18.8 Å². The lowest BCUT2D eigenvalue weighted by molar-refractivity contribution is -0.166. The summed E-state index contributed by atoms with van der Waals surface area (Å²) < 4.78 is 42.2. The highest BCUT2D eigenvalue weighted by Crippen LogP contribution is 2.18. The van der Waals surface area contributed by atoms with Gasteiger partial charge in [-0.25, -0.2) is 22.8 Å². The van der Waals surface area contributed by atoms with Gasteiger partial charge in [0.25, 0.3) is 0 Å². The summed E-state index contributed by atoms with van der Waals surface area (Å²) in [5.41, 5.74) is 0.537. The SMILES string of the molecule is O=C(NC(F)(C(=O)O)C(F)F)OCc1ccccc1. The molecule has 19 heavy (non-hydrogen) atoms. The summed E-state index contributed by atoms with van der Waals surface area (Å²) in [6.45, 7) is -0.300. The Kier molecular flexibility index (Phi) is 4.74. The van der Waals surface area contributed by atoms with Gasteiger partial charge in [0.1, 0.15) is 6.61 Å². The van der Waals surface area contributed by atoms with E-state index >= 15 is 0 Å². The van der Waals surface area contributed by atoms with Crippen LogP contribution >= 0.6 is 0 Å². The van der Waals surface area contributed by atoms with Gasteiger partial charge in [0.15, 0.2) is 0 Å². The summed E-state index contributed by atoms with van der Waals surface area (Å²) in [7, 11) is 0. The van der Waals surface area contributed by atoms with Crippen molar-refractivity contribution in [3.63, 3.8) is 0 Å². The van der Waals surface area contributed by atoms with Crippen LogP contribution in [0.2, 0.25) is 0 Å². The van der Waals surface area contributed by atoms with Crippen molar-refractivity contribution in [2.24, 2.45) is 0 Å². The maximum absolute atomic E-state index is 13.3. The molecule has 0 aromatic heterocycles. The molecule has 1 aromatic carbocycles. The number of amides is 1. The van der Waals surface area contributed by atoms with Crippen LogP contribution in [0.1, 0.15) is 5.56 Å². The van der Waals surface area contributed by atoms with Crippen molar-refractivity contribution >= 4 is 12.1 Å². The molecule has 0 aliphatic heterocycles. The Morgan fingerprint density at radius 3 is 2.37 bits per heavy atom. The topological polar surface area (TPSA) is 75.6 Å². The van der Waals surface area contributed by atoms with E-state index in [1.807, 2.05) is 0 Å². The predicted octanol–water partition coefficient (Wildman–Crippen LogP) is 1.93. The van der Waals surface area contributed by atoms with Gasteiger partial charge in [-0.15, -0.1) is 0 Å². The number of ether oxygens (including phenoxy) is 1. The van der Waals surface area contributed by atoms with Crippen molar-refractivity contribution in [1.29, 1.82) is 0 Å². The van der Waals surface area contributed by atoms with Crippen LogP contribution in [0.4, 0.5) is 18.0 Å². The average molecular weight is 277 g/mol. The lowest BCUT2D eigenvalue weighted by Gasteiger charge is -2.20. The van der Waals surface area contributed by atoms with E-state index in [9.17, 15) is 22.8 Å². The van der Waals surface area contributed by atoms with Crippen LogP contribution in [-0.2, 0) is 16.1 Å². The molecule has 0 saturated heterocycles. The van der Waals surface area contributed by atoms with E-state index in [0.29, 0.717) is 5.56 Å². The smallest absolute Gasteiger partial charge is 0.410 e. The van der Waals surface area contributed by atoms with Gasteiger partial charge in [0.2, 0.25) is 0 Å². The molecule has 5 nitrogen and oxygen atoms in total. The molecule has 8 heteroatoms. The molecule has 104 valence electrons. The standard InChI is InChI=1S/C11H10F3NO4/c12-8(13)11(14,9(16)17)15-10(18)19-6-7-4-2-1-3-5-7/h1-5,8H,6H2,(H,15,18)(H,16,17). The molecular weight excluding hydrogens is 267 g/mol. The third-order valence-electron chi connectivity index (χ3n) is 2.11. The number of rotatable bonds is 5. The molecule has 0 saturated carbocycles. The highest BCUT2D eigenvalue weighted by molar-refractivity contribution is 5.83. The largest absolute Gasteiger partial charge is 0.477 e. The van der Waals surface area contributed by atoms with E-state index in [1.165, 1.54) is 0 Å². The van der Waals surface area contributed by atoms with Gasteiger partial charge in [-0.05, 0) is 5.56 Å². The highest BCUT2D eigenvalue weighted by atomic mass is 19.3. The number of aliphatic carboxylic acids is 1. The number of alkyl halides is 3. The number of alkyl carbamates (subject to hydrolysis) is 1. The fourth-order valence-corrected chi connectivity index (χ4v) is 1.11. The first kappa shape index (κ1) is 14.8. The predicted molar refractivity (Wildman–Crippen MR) is 57.2 cm³/mol. The van der Waals surface area contributed by atoms with E-state index in [-0.39, 0.29) is 6.61 Å². The minimum Gasteiger partial charge on any atom is -0.477 e. The first-order chi connectivity index (χ1) is 8.86. The minimum absolute atomic E-state index is 0.300. The zero-order chi connectivity index (χ0) is 14.5. The van der Waals surface area contributed by atoms with Gasteiger partial charge in [-0.3, -0.25) is 5.32 Å². The maximum atomic E-state index is 13.3. The number of halogens is 3. The summed E-state index contributed by atoms with van der Waals surface area (Å²) in [5, 5.41) is 9.30. The number of hydrogen-bond donors (Lipinski definition) is 2. The van der Waals surface area contributed by atoms with Crippen molar-refractivity contribution in [3.05, 3.63) is 35.9 Å². The molecule has 1 atom stereocenters. The molecule has 1 aromatic rings. The van der Waals surface area contributed by atoms with E-state index in [4.69, 9.17) is 5.11 Å². The van der Waals surface area contributed by atoms with Crippen molar-refractivity contribution < 1.29 is 32.6 Å². The van der Waals surface area contributed by atoms with Crippen LogP contribution in [0, 0.1) is 0 Å².